The average molecular weight is 615 g/mol. The van der Waals surface area contributed by atoms with Crippen LogP contribution in [0.25, 0.3) is 65.6 Å². The lowest BCUT2D eigenvalue weighted by Gasteiger charge is -2.47. The molecule has 47 heavy (non-hydrogen) atoms. The van der Waals surface area contributed by atoms with Crippen LogP contribution in [0.4, 0.5) is 17.1 Å². The highest BCUT2D eigenvalue weighted by atomic mass is 28.3. The highest BCUT2D eigenvalue weighted by molar-refractivity contribution is 7.04. The third kappa shape index (κ3) is 2.72. The number of fused-ring (bicyclic) bond motifs is 15. The normalized spacial score (nSPS) is 15.1. The standard InChI is InChI=1S/C42H27BN2OSi/c1-47(2)35-19-8-6-17-30(35)44-32-23-34-38(26-13-5-7-18-33(26)46-34)39-28-15-9-14-27-37-25-12-4-3-11-24(25)21-22-31(37)45(41(27)28)43(40(32)39)29-16-10-20-36(47)42(29)44/h3-23H,1-2H3. The number of anilines is 3. The van der Waals surface area contributed by atoms with Gasteiger partial charge >= 0.3 is 6.85 Å². The first-order valence-electron chi connectivity index (χ1n) is 16.6. The molecule has 7 aromatic carbocycles. The molecule has 0 saturated carbocycles. The Balaban J connectivity index is 1.36. The molecule has 3 nitrogen and oxygen atoms in total. The zero-order valence-electron chi connectivity index (χ0n) is 26.0. The molecule has 0 N–H and O–H groups in total. The minimum atomic E-state index is -2.01. The number of furan rings is 1. The Hall–Kier alpha value is -5.52. The SMILES string of the molecule is C[Si]1(C)c2ccccc2N2c3cc4oc5ccccc5c4c4c3B(c3cccc1c32)n1c2ccc3ccccc3c2c2cccc-4c21. The van der Waals surface area contributed by atoms with Crippen molar-refractivity contribution < 1.29 is 4.42 Å². The molecule has 218 valence electrons. The molecule has 12 rings (SSSR count). The summed E-state index contributed by atoms with van der Waals surface area (Å²) in [5, 5.41) is 10.6. The Labute approximate surface area is 272 Å². The van der Waals surface area contributed by atoms with Gasteiger partial charge in [-0.1, -0.05) is 116 Å². The van der Waals surface area contributed by atoms with Crippen molar-refractivity contribution in [2.24, 2.45) is 0 Å². The van der Waals surface area contributed by atoms with Gasteiger partial charge in [0.25, 0.3) is 0 Å². The number of benzene rings is 7. The molecule has 3 aliphatic heterocycles. The van der Waals surface area contributed by atoms with Crippen molar-refractivity contribution in [1.82, 2.24) is 4.48 Å². The molecule has 9 aromatic rings. The molecule has 0 atom stereocenters. The Morgan fingerprint density at radius 3 is 2.32 bits per heavy atom. The third-order valence-corrected chi connectivity index (χ3v) is 15.0. The summed E-state index contributed by atoms with van der Waals surface area (Å²) in [6.45, 7) is 5.07. The van der Waals surface area contributed by atoms with E-state index in [0.717, 1.165) is 11.2 Å². The van der Waals surface area contributed by atoms with Gasteiger partial charge in [0.15, 0.2) is 0 Å². The van der Waals surface area contributed by atoms with Crippen molar-refractivity contribution in [3.05, 3.63) is 127 Å². The van der Waals surface area contributed by atoms with Gasteiger partial charge in [0.2, 0.25) is 0 Å². The number of hydrogen-bond acceptors (Lipinski definition) is 2. The molecule has 0 amide bonds. The summed E-state index contributed by atoms with van der Waals surface area (Å²) >= 11 is 0. The van der Waals surface area contributed by atoms with E-state index in [1.807, 2.05) is 0 Å². The minimum absolute atomic E-state index is 0.0235. The van der Waals surface area contributed by atoms with Crippen molar-refractivity contribution >= 4 is 108 Å². The van der Waals surface area contributed by atoms with Gasteiger partial charge in [-0.05, 0) is 55.8 Å². The van der Waals surface area contributed by atoms with Crippen molar-refractivity contribution in [2.75, 3.05) is 4.90 Å². The van der Waals surface area contributed by atoms with E-state index in [0.29, 0.717) is 0 Å². The Bertz CT molecular complexity index is 2910. The lowest BCUT2D eigenvalue weighted by Crippen LogP contribution is -2.65. The van der Waals surface area contributed by atoms with Crippen molar-refractivity contribution in [2.45, 2.75) is 13.1 Å². The molecule has 0 spiro atoms. The van der Waals surface area contributed by atoms with Gasteiger partial charge in [0.1, 0.15) is 19.2 Å². The van der Waals surface area contributed by atoms with Gasteiger partial charge in [0.05, 0.1) is 0 Å². The summed E-state index contributed by atoms with van der Waals surface area (Å²) in [6, 6.07) is 47.7. The number of para-hydroxylation sites is 4. The minimum Gasteiger partial charge on any atom is -0.456 e. The monoisotopic (exact) mass is 614 g/mol. The summed E-state index contributed by atoms with van der Waals surface area (Å²) in [6.07, 6.45) is 0. The molecule has 0 radical (unpaired) electrons. The number of aromatic nitrogens is 1. The number of hydrogen-bond donors (Lipinski definition) is 0. The molecule has 3 aliphatic rings. The van der Waals surface area contributed by atoms with Crippen molar-refractivity contribution in [3.63, 3.8) is 0 Å². The van der Waals surface area contributed by atoms with Gasteiger partial charge in [-0.25, -0.2) is 0 Å². The second kappa shape index (κ2) is 8.06. The molecule has 2 aromatic heterocycles. The highest BCUT2D eigenvalue weighted by Gasteiger charge is 2.49. The zero-order chi connectivity index (χ0) is 30.8. The van der Waals surface area contributed by atoms with Crippen LogP contribution in [0.15, 0.2) is 132 Å². The maximum Gasteiger partial charge on any atom is 0.333 e. The van der Waals surface area contributed by atoms with Crippen LogP contribution < -0.4 is 26.2 Å². The topological polar surface area (TPSA) is 21.3 Å². The second-order valence-electron chi connectivity index (χ2n) is 14.0. The predicted molar refractivity (Wildman–Crippen MR) is 202 cm³/mol. The first-order chi connectivity index (χ1) is 23.1. The van der Waals surface area contributed by atoms with Crippen LogP contribution in [0, 0.1) is 0 Å². The van der Waals surface area contributed by atoms with Gasteiger partial charge in [0, 0.05) is 61.3 Å². The zero-order valence-corrected chi connectivity index (χ0v) is 27.0. The van der Waals surface area contributed by atoms with Crippen LogP contribution in [0.2, 0.25) is 13.1 Å². The largest absolute Gasteiger partial charge is 0.456 e. The van der Waals surface area contributed by atoms with E-state index in [-0.39, 0.29) is 6.85 Å². The average Bonchev–Trinajstić information content (AvgIpc) is 3.65. The van der Waals surface area contributed by atoms with Crippen LogP contribution in [0.5, 0.6) is 0 Å². The van der Waals surface area contributed by atoms with E-state index < -0.39 is 8.07 Å². The Kier molecular flexibility index (Phi) is 4.23. The molecular formula is C42H27BN2OSi. The molecule has 0 unspecified atom stereocenters. The quantitative estimate of drug-likeness (QED) is 0.160. The van der Waals surface area contributed by atoms with Gasteiger partial charge in [-0.3, -0.25) is 0 Å². The van der Waals surface area contributed by atoms with Crippen LogP contribution in [0.3, 0.4) is 0 Å². The van der Waals surface area contributed by atoms with Gasteiger partial charge in [-0.2, -0.15) is 0 Å². The fraction of sp³-hybridized carbons (Fsp3) is 0.0476. The summed E-state index contributed by atoms with van der Waals surface area (Å²) < 4.78 is 9.44. The van der Waals surface area contributed by atoms with Crippen LogP contribution in [-0.2, 0) is 0 Å². The number of nitrogens with zero attached hydrogens (tertiary/aromatic N) is 2. The van der Waals surface area contributed by atoms with E-state index in [2.05, 4.69) is 150 Å². The van der Waals surface area contributed by atoms with Gasteiger partial charge in [-0.15, -0.1) is 0 Å². The maximum absolute atomic E-state index is 6.75. The summed E-state index contributed by atoms with van der Waals surface area (Å²) in [7, 11) is -2.01. The first kappa shape index (κ1) is 24.7. The third-order valence-electron chi connectivity index (χ3n) is 11.5. The van der Waals surface area contributed by atoms with E-state index in [1.54, 1.807) is 0 Å². The Morgan fingerprint density at radius 2 is 1.38 bits per heavy atom. The van der Waals surface area contributed by atoms with E-state index in [9.17, 15) is 0 Å². The second-order valence-corrected chi connectivity index (χ2v) is 18.4. The van der Waals surface area contributed by atoms with E-state index >= 15 is 0 Å². The lowest BCUT2D eigenvalue weighted by molar-refractivity contribution is 0.669. The van der Waals surface area contributed by atoms with Crippen molar-refractivity contribution in [1.29, 1.82) is 0 Å². The van der Waals surface area contributed by atoms with E-state index in [4.69, 9.17) is 4.42 Å². The molecular weight excluding hydrogens is 587 g/mol. The Morgan fingerprint density at radius 1 is 0.617 bits per heavy atom. The lowest BCUT2D eigenvalue weighted by atomic mass is 9.45. The molecule has 0 bridgehead atoms. The first-order valence-corrected chi connectivity index (χ1v) is 19.6. The molecule has 0 fully saturated rings. The summed E-state index contributed by atoms with van der Waals surface area (Å²) in [5.41, 5.74) is 13.8. The molecule has 5 heteroatoms. The van der Waals surface area contributed by atoms with Crippen LogP contribution in [0.1, 0.15) is 0 Å². The van der Waals surface area contributed by atoms with Crippen LogP contribution >= 0.6 is 0 Å². The molecule has 0 aliphatic carbocycles. The number of rotatable bonds is 0. The molecule has 0 saturated heterocycles. The fourth-order valence-corrected chi connectivity index (χ4v) is 12.6. The summed E-state index contributed by atoms with van der Waals surface area (Å²) in [5.74, 6) is 0. The predicted octanol–water partition coefficient (Wildman–Crippen LogP) is 8.40. The van der Waals surface area contributed by atoms with E-state index in [1.165, 1.54) is 92.8 Å². The fourth-order valence-electron chi connectivity index (χ4n) is 9.64. The molecule has 5 heterocycles. The maximum atomic E-state index is 6.75. The summed E-state index contributed by atoms with van der Waals surface area (Å²) in [4.78, 5) is 2.59. The smallest absolute Gasteiger partial charge is 0.333 e. The van der Waals surface area contributed by atoms with Gasteiger partial charge < -0.3 is 13.8 Å². The van der Waals surface area contributed by atoms with Crippen LogP contribution in [-0.4, -0.2) is 19.4 Å². The van der Waals surface area contributed by atoms with Crippen molar-refractivity contribution in [3.8, 4) is 11.1 Å². The highest BCUT2D eigenvalue weighted by Crippen LogP contribution is 2.50.